The van der Waals surface area contributed by atoms with Crippen molar-refractivity contribution in [1.29, 1.82) is 10.8 Å². The van der Waals surface area contributed by atoms with Crippen LogP contribution in [0.5, 0.6) is 11.5 Å². The Hall–Kier alpha value is -4.20. The molecule has 0 aliphatic heterocycles. The summed E-state index contributed by atoms with van der Waals surface area (Å²) in [5.41, 5.74) is 2.28. The van der Waals surface area contributed by atoms with Gasteiger partial charge in [-0.1, -0.05) is 36.4 Å². The van der Waals surface area contributed by atoms with E-state index in [2.05, 4.69) is 10.3 Å². The van der Waals surface area contributed by atoms with Crippen LogP contribution >= 0.6 is 0 Å². The average Bonchev–Trinajstić information content (AvgIpc) is 2.87. The Kier molecular flexibility index (Phi) is 8.73. The third-order valence-corrected chi connectivity index (χ3v) is 5.18. The molecule has 0 atom stereocenters. The quantitative estimate of drug-likeness (QED) is 0.315. The van der Waals surface area contributed by atoms with Gasteiger partial charge in [-0.2, -0.15) is 0 Å². The molecule has 3 N–H and O–H groups in total. The minimum atomic E-state index is -0.249. The number of amidine groups is 2. The molecule has 2 aromatic carbocycles. The van der Waals surface area contributed by atoms with Gasteiger partial charge in [0, 0.05) is 24.4 Å². The molecule has 8 heteroatoms. The number of nitrogens with one attached hydrogen (secondary N) is 3. The van der Waals surface area contributed by atoms with Crippen LogP contribution in [0.2, 0.25) is 0 Å². The lowest BCUT2D eigenvalue weighted by molar-refractivity contribution is -0.120. The number of carbonyl (C=O) groups is 1. The maximum Gasteiger partial charge on any atom is 0.226 e. The zero-order valence-electron chi connectivity index (χ0n) is 19.4. The summed E-state index contributed by atoms with van der Waals surface area (Å²) in [6, 6.07) is 20.5. The minimum absolute atomic E-state index is 0.0471. The smallest absolute Gasteiger partial charge is 0.226 e. The van der Waals surface area contributed by atoms with Crippen LogP contribution in [0.3, 0.4) is 0 Å². The molecule has 176 valence electrons. The molecule has 0 unspecified atom stereocenters. The maximum atomic E-state index is 12.4. The standard InChI is InChI=1S/C26H29N5O3/c1-33-21-12-13-22(23(17-21)34-2)31(24(27)14-11-19-8-4-3-5-9-19)25(28)18-30-26(32)16-20-10-6-7-15-29-20/h3-10,12-13,15,17,27-28H,11,14,16,18H2,1-2H3,(H,30,32). The Morgan fingerprint density at radius 2 is 1.74 bits per heavy atom. The zero-order chi connectivity index (χ0) is 24.3. The van der Waals surface area contributed by atoms with Crippen molar-refractivity contribution in [3.8, 4) is 11.5 Å². The molecule has 1 amide bonds. The van der Waals surface area contributed by atoms with E-state index in [-0.39, 0.29) is 30.5 Å². The van der Waals surface area contributed by atoms with Crippen LogP contribution in [0, 0.1) is 10.8 Å². The van der Waals surface area contributed by atoms with Crippen molar-refractivity contribution in [3.05, 3.63) is 84.2 Å². The first-order valence-electron chi connectivity index (χ1n) is 10.9. The van der Waals surface area contributed by atoms with Gasteiger partial charge in [-0.15, -0.1) is 0 Å². The molecule has 3 rings (SSSR count). The molecule has 8 nitrogen and oxygen atoms in total. The zero-order valence-corrected chi connectivity index (χ0v) is 19.4. The predicted octanol–water partition coefficient (Wildman–Crippen LogP) is 3.85. The van der Waals surface area contributed by atoms with Crippen LogP contribution in [0.4, 0.5) is 5.69 Å². The van der Waals surface area contributed by atoms with Crippen molar-refractivity contribution in [2.75, 3.05) is 25.7 Å². The van der Waals surface area contributed by atoms with Crippen molar-refractivity contribution in [2.45, 2.75) is 19.3 Å². The molecular weight excluding hydrogens is 430 g/mol. The Morgan fingerprint density at radius 3 is 2.41 bits per heavy atom. The summed E-state index contributed by atoms with van der Waals surface area (Å²) in [5, 5.41) is 20.2. The minimum Gasteiger partial charge on any atom is -0.497 e. The second-order valence-corrected chi connectivity index (χ2v) is 7.53. The van der Waals surface area contributed by atoms with Gasteiger partial charge in [0.2, 0.25) is 5.91 Å². The van der Waals surface area contributed by atoms with Crippen LogP contribution in [0.25, 0.3) is 0 Å². The Labute approximate surface area is 199 Å². The lowest BCUT2D eigenvalue weighted by Gasteiger charge is -2.28. The number of benzene rings is 2. The van der Waals surface area contributed by atoms with Crippen molar-refractivity contribution < 1.29 is 14.3 Å². The third-order valence-electron chi connectivity index (χ3n) is 5.18. The largest absolute Gasteiger partial charge is 0.497 e. The molecule has 0 spiro atoms. The Bertz CT molecular complexity index is 1120. The summed E-state index contributed by atoms with van der Waals surface area (Å²) in [6.07, 6.45) is 2.80. The van der Waals surface area contributed by atoms with Crippen LogP contribution < -0.4 is 19.7 Å². The first-order chi connectivity index (χ1) is 16.5. The number of aromatic nitrogens is 1. The molecule has 34 heavy (non-hydrogen) atoms. The number of aryl methyl sites for hydroxylation is 1. The fourth-order valence-corrected chi connectivity index (χ4v) is 3.43. The molecule has 0 saturated carbocycles. The third kappa shape index (κ3) is 6.65. The summed E-state index contributed by atoms with van der Waals surface area (Å²) in [4.78, 5) is 18.1. The van der Waals surface area contributed by atoms with Gasteiger partial charge < -0.3 is 14.8 Å². The Balaban J connectivity index is 1.77. The van der Waals surface area contributed by atoms with Crippen molar-refractivity contribution in [3.63, 3.8) is 0 Å². The van der Waals surface area contributed by atoms with Crippen molar-refractivity contribution in [2.24, 2.45) is 0 Å². The maximum absolute atomic E-state index is 12.4. The van der Waals surface area contributed by atoms with Crippen LogP contribution in [0.15, 0.2) is 72.9 Å². The molecule has 0 fully saturated rings. The number of carbonyl (C=O) groups excluding carboxylic acids is 1. The van der Waals surface area contributed by atoms with Gasteiger partial charge in [-0.05, 0) is 36.2 Å². The van der Waals surface area contributed by atoms with Crippen molar-refractivity contribution >= 4 is 23.3 Å². The molecule has 1 heterocycles. The number of anilines is 1. The molecular formula is C26H29N5O3. The number of pyridine rings is 1. The van der Waals surface area contributed by atoms with E-state index in [4.69, 9.17) is 20.3 Å². The lowest BCUT2D eigenvalue weighted by atomic mass is 10.1. The molecule has 0 saturated heterocycles. The van der Waals surface area contributed by atoms with E-state index >= 15 is 0 Å². The summed E-state index contributed by atoms with van der Waals surface area (Å²) in [6.45, 7) is -0.0471. The van der Waals surface area contributed by atoms with Gasteiger partial charge in [0.15, 0.2) is 0 Å². The molecule has 1 aromatic heterocycles. The van der Waals surface area contributed by atoms with E-state index in [1.165, 1.54) is 12.0 Å². The van der Waals surface area contributed by atoms with E-state index in [9.17, 15) is 4.79 Å². The topological polar surface area (TPSA) is 111 Å². The van der Waals surface area contributed by atoms with Gasteiger partial charge in [0.25, 0.3) is 0 Å². The highest BCUT2D eigenvalue weighted by Gasteiger charge is 2.22. The molecule has 0 radical (unpaired) electrons. The van der Waals surface area contributed by atoms with E-state index < -0.39 is 0 Å². The second-order valence-electron chi connectivity index (χ2n) is 7.53. The van der Waals surface area contributed by atoms with E-state index in [1.54, 1.807) is 43.6 Å². The highest BCUT2D eigenvalue weighted by Crippen LogP contribution is 2.33. The second kappa shape index (κ2) is 12.2. The fourth-order valence-electron chi connectivity index (χ4n) is 3.43. The molecule has 0 aliphatic rings. The van der Waals surface area contributed by atoms with E-state index in [0.717, 1.165) is 5.56 Å². The van der Waals surface area contributed by atoms with Crippen LogP contribution in [-0.2, 0) is 17.6 Å². The Morgan fingerprint density at radius 1 is 0.971 bits per heavy atom. The highest BCUT2D eigenvalue weighted by molar-refractivity contribution is 6.18. The van der Waals surface area contributed by atoms with E-state index in [1.807, 2.05) is 36.4 Å². The fraction of sp³-hybridized carbons (Fsp3) is 0.231. The highest BCUT2D eigenvalue weighted by atomic mass is 16.5. The SMILES string of the molecule is COc1ccc(N(C(=N)CCc2ccccc2)C(=N)CNC(=O)Cc2ccccn2)c(OC)c1. The number of amides is 1. The monoisotopic (exact) mass is 459 g/mol. The number of methoxy groups -OCH3 is 2. The normalized spacial score (nSPS) is 10.3. The predicted molar refractivity (Wildman–Crippen MR) is 133 cm³/mol. The molecule has 0 aliphatic carbocycles. The van der Waals surface area contributed by atoms with Crippen LogP contribution in [0.1, 0.15) is 17.7 Å². The van der Waals surface area contributed by atoms with Crippen molar-refractivity contribution in [1.82, 2.24) is 10.3 Å². The average molecular weight is 460 g/mol. The van der Waals surface area contributed by atoms with Gasteiger partial charge in [0.1, 0.15) is 23.2 Å². The first kappa shape index (κ1) is 24.4. The number of rotatable bonds is 10. The van der Waals surface area contributed by atoms with Gasteiger partial charge in [0.05, 0.1) is 32.9 Å². The number of hydrogen-bond acceptors (Lipinski definition) is 6. The first-order valence-corrected chi connectivity index (χ1v) is 10.9. The summed E-state index contributed by atoms with van der Waals surface area (Å²) in [5.74, 6) is 1.09. The summed E-state index contributed by atoms with van der Waals surface area (Å²) >= 11 is 0. The van der Waals surface area contributed by atoms with Gasteiger partial charge in [-0.25, -0.2) is 0 Å². The van der Waals surface area contributed by atoms with Crippen LogP contribution in [-0.4, -0.2) is 43.3 Å². The number of nitrogens with zero attached hydrogens (tertiary/aromatic N) is 2. The number of hydrogen-bond donors (Lipinski definition) is 3. The number of ether oxygens (including phenoxy) is 2. The van der Waals surface area contributed by atoms with Gasteiger partial charge >= 0.3 is 0 Å². The molecule has 0 bridgehead atoms. The van der Waals surface area contributed by atoms with Gasteiger partial charge in [-0.3, -0.25) is 25.5 Å². The summed E-state index contributed by atoms with van der Waals surface area (Å²) < 4.78 is 10.8. The molecule has 3 aromatic rings. The summed E-state index contributed by atoms with van der Waals surface area (Å²) in [7, 11) is 3.09. The lowest BCUT2D eigenvalue weighted by Crippen LogP contribution is -2.43. The van der Waals surface area contributed by atoms with E-state index in [0.29, 0.717) is 35.7 Å².